The number of ether oxygens (including phenoxy) is 2. The molecule has 1 heterocycles. The third-order valence-electron chi connectivity index (χ3n) is 2.98. The predicted molar refractivity (Wildman–Crippen MR) is 76.7 cm³/mol. The number of nitrogens with one attached hydrogen (secondary N) is 1. The van der Waals surface area contributed by atoms with E-state index in [9.17, 15) is 19.7 Å². The summed E-state index contributed by atoms with van der Waals surface area (Å²) in [6.07, 6.45) is 0.745. The largest absolute Gasteiger partial charge is 0.454 e. The Balaban J connectivity index is 1.86. The molecule has 0 unspecified atom stereocenters. The second-order valence-corrected chi connectivity index (χ2v) is 4.99. The van der Waals surface area contributed by atoms with Crippen LogP contribution in [0, 0.1) is 10.1 Å². The molecule has 0 aliphatic carbocycles. The van der Waals surface area contributed by atoms with Gasteiger partial charge in [0, 0.05) is 18.7 Å². The molecule has 1 atom stereocenters. The van der Waals surface area contributed by atoms with Gasteiger partial charge in [0.2, 0.25) is 0 Å². The minimum atomic E-state index is -0.615. The van der Waals surface area contributed by atoms with E-state index in [4.69, 9.17) is 21.1 Å². The van der Waals surface area contributed by atoms with Gasteiger partial charge in [-0.2, -0.15) is 0 Å². The van der Waals surface area contributed by atoms with Crippen LogP contribution in [0.15, 0.2) is 18.2 Å². The van der Waals surface area contributed by atoms with E-state index in [2.05, 4.69) is 5.32 Å². The molecule has 118 valence electrons. The van der Waals surface area contributed by atoms with E-state index in [0.29, 0.717) is 13.0 Å². The Morgan fingerprint density at radius 2 is 2.27 bits per heavy atom. The zero-order chi connectivity index (χ0) is 16.1. The average molecular weight is 329 g/mol. The number of nitro benzene ring substituents is 1. The van der Waals surface area contributed by atoms with Crippen LogP contribution < -0.4 is 5.32 Å². The molecule has 1 saturated heterocycles. The van der Waals surface area contributed by atoms with Gasteiger partial charge in [0.15, 0.2) is 12.7 Å². The van der Waals surface area contributed by atoms with Crippen molar-refractivity contribution < 1.29 is 24.0 Å². The molecule has 1 amide bonds. The first-order valence-corrected chi connectivity index (χ1v) is 6.87. The van der Waals surface area contributed by atoms with E-state index in [0.717, 1.165) is 12.5 Å². The highest BCUT2D eigenvalue weighted by molar-refractivity contribution is 6.34. The number of nitrogens with zero attached hydrogens (tertiary/aromatic N) is 1. The van der Waals surface area contributed by atoms with Crippen LogP contribution in [0.1, 0.15) is 12.8 Å². The van der Waals surface area contributed by atoms with E-state index in [1.54, 1.807) is 0 Å². The summed E-state index contributed by atoms with van der Waals surface area (Å²) in [7, 11) is 0. The minimum absolute atomic E-state index is 0.0213. The lowest BCUT2D eigenvalue weighted by atomic mass is 10.2. The zero-order valence-corrected chi connectivity index (χ0v) is 12.2. The molecule has 1 aromatic carbocycles. The number of esters is 1. The molecule has 8 nitrogen and oxygen atoms in total. The second-order valence-electron chi connectivity index (χ2n) is 4.58. The molecular weight excluding hydrogens is 316 g/mol. The summed E-state index contributed by atoms with van der Waals surface area (Å²) < 4.78 is 9.96. The Labute approximate surface area is 130 Å². The summed E-state index contributed by atoms with van der Waals surface area (Å²) in [4.78, 5) is 33.2. The quantitative estimate of drug-likeness (QED) is 0.502. The van der Waals surface area contributed by atoms with Gasteiger partial charge in [-0.15, -0.1) is 0 Å². The van der Waals surface area contributed by atoms with Gasteiger partial charge in [0.25, 0.3) is 11.6 Å². The molecule has 9 heteroatoms. The first kappa shape index (κ1) is 16.2. The van der Waals surface area contributed by atoms with Crippen molar-refractivity contribution >= 4 is 34.9 Å². The topological polar surface area (TPSA) is 108 Å². The van der Waals surface area contributed by atoms with E-state index < -0.39 is 29.5 Å². The number of hydrogen-bond acceptors (Lipinski definition) is 6. The number of benzene rings is 1. The number of non-ortho nitro benzene ring substituents is 1. The number of halogens is 1. The van der Waals surface area contributed by atoms with E-state index in [1.165, 1.54) is 12.1 Å². The van der Waals surface area contributed by atoms with Gasteiger partial charge < -0.3 is 14.8 Å². The van der Waals surface area contributed by atoms with Crippen molar-refractivity contribution in [1.82, 2.24) is 0 Å². The van der Waals surface area contributed by atoms with Gasteiger partial charge in [-0.3, -0.25) is 14.9 Å². The van der Waals surface area contributed by atoms with Crippen molar-refractivity contribution in [3.05, 3.63) is 33.3 Å². The first-order chi connectivity index (χ1) is 10.5. The minimum Gasteiger partial charge on any atom is -0.454 e. The fourth-order valence-corrected chi connectivity index (χ4v) is 2.12. The van der Waals surface area contributed by atoms with Crippen LogP contribution in [0.3, 0.4) is 0 Å². The van der Waals surface area contributed by atoms with E-state index in [1.807, 2.05) is 0 Å². The molecule has 0 spiro atoms. The molecule has 2 rings (SSSR count). The smallest absolute Gasteiger partial charge is 0.335 e. The fourth-order valence-electron chi connectivity index (χ4n) is 1.90. The molecule has 0 bridgehead atoms. The van der Waals surface area contributed by atoms with Gasteiger partial charge in [0.1, 0.15) is 0 Å². The van der Waals surface area contributed by atoms with Crippen LogP contribution in [0.25, 0.3) is 0 Å². The summed E-state index contributed by atoms with van der Waals surface area (Å²) in [6.45, 7) is 0.0242. The Morgan fingerprint density at radius 1 is 1.50 bits per heavy atom. The van der Waals surface area contributed by atoms with Crippen molar-refractivity contribution in [2.75, 3.05) is 18.5 Å². The Bertz CT molecular complexity index is 600. The van der Waals surface area contributed by atoms with Gasteiger partial charge in [-0.1, -0.05) is 11.6 Å². The summed E-state index contributed by atoms with van der Waals surface area (Å²) in [5.74, 6) is -1.18. The number of rotatable bonds is 5. The Kier molecular flexibility index (Phi) is 5.29. The van der Waals surface area contributed by atoms with E-state index in [-0.39, 0.29) is 16.4 Å². The van der Waals surface area contributed by atoms with Gasteiger partial charge >= 0.3 is 5.97 Å². The van der Waals surface area contributed by atoms with Gasteiger partial charge in [0.05, 0.1) is 15.6 Å². The molecule has 1 aliphatic rings. The lowest BCUT2D eigenvalue weighted by Crippen LogP contribution is -2.27. The monoisotopic (exact) mass is 328 g/mol. The van der Waals surface area contributed by atoms with Crippen molar-refractivity contribution in [1.29, 1.82) is 0 Å². The van der Waals surface area contributed by atoms with Crippen molar-refractivity contribution in [2.24, 2.45) is 0 Å². The normalized spacial score (nSPS) is 17.0. The van der Waals surface area contributed by atoms with E-state index >= 15 is 0 Å². The summed E-state index contributed by atoms with van der Waals surface area (Å²) in [6, 6.07) is 3.63. The number of anilines is 1. The molecule has 0 aromatic heterocycles. The maximum Gasteiger partial charge on any atom is 0.335 e. The lowest BCUT2D eigenvalue weighted by molar-refractivity contribution is -0.384. The molecule has 1 N–H and O–H groups in total. The zero-order valence-electron chi connectivity index (χ0n) is 11.4. The van der Waals surface area contributed by atoms with Crippen molar-refractivity contribution in [3.63, 3.8) is 0 Å². The van der Waals surface area contributed by atoms with Crippen LogP contribution >= 0.6 is 11.6 Å². The maximum atomic E-state index is 11.7. The Hall–Kier alpha value is -2.19. The number of amides is 1. The number of hydrogen-bond donors (Lipinski definition) is 1. The second kappa shape index (κ2) is 7.19. The van der Waals surface area contributed by atoms with Gasteiger partial charge in [-0.25, -0.2) is 4.79 Å². The van der Waals surface area contributed by atoms with Crippen LogP contribution in [0.2, 0.25) is 5.02 Å². The number of nitro groups is 1. The van der Waals surface area contributed by atoms with Crippen LogP contribution in [0.5, 0.6) is 0 Å². The summed E-state index contributed by atoms with van der Waals surface area (Å²) in [5, 5.41) is 13.0. The Morgan fingerprint density at radius 3 is 2.86 bits per heavy atom. The number of carbonyl (C=O) groups is 2. The average Bonchev–Trinajstić information content (AvgIpc) is 3.01. The first-order valence-electron chi connectivity index (χ1n) is 6.49. The van der Waals surface area contributed by atoms with Crippen LogP contribution in [0.4, 0.5) is 11.4 Å². The molecule has 0 saturated carbocycles. The highest BCUT2D eigenvalue weighted by atomic mass is 35.5. The molecule has 1 aromatic rings. The van der Waals surface area contributed by atoms with Gasteiger partial charge in [-0.05, 0) is 18.9 Å². The SMILES string of the molecule is O=C(COC(=O)[C@@H]1CCCO1)Nc1ccc([N+](=O)[O-])cc1Cl. The molecule has 1 aliphatic heterocycles. The third-order valence-corrected chi connectivity index (χ3v) is 3.29. The summed E-state index contributed by atoms with van der Waals surface area (Å²) >= 11 is 5.84. The van der Waals surface area contributed by atoms with Crippen molar-refractivity contribution in [3.8, 4) is 0 Å². The van der Waals surface area contributed by atoms with Crippen molar-refractivity contribution in [2.45, 2.75) is 18.9 Å². The standard InChI is InChI=1S/C13H13ClN2O6/c14-9-6-8(16(19)20)3-4-10(9)15-12(17)7-22-13(18)11-2-1-5-21-11/h3-4,6,11H,1-2,5,7H2,(H,15,17)/t11-/m0/s1. The highest BCUT2D eigenvalue weighted by Gasteiger charge is 2.25. The molecule has 1 fully saturated rings. The third kappa shape index (κ3) is 4.15. The van der Waals surface area contributed by atoms with Crippen LogP contribution in [-0.2, 0) is 19.1 Å². The molecular formula is C13H13ClN2O6. The fraction of sp³-hybridized carbons (Fsp3) is 0.385. The molecule has 0 radical (unpaired) electrons. The lowest BCUT2D eigenvalue weighted by Gasteiger charge is -2.10. The predicted octanol–water partition coefficient (Wildman–Crippen LogP) is 1.91. The summed E-state index contributed by atoms with van der Waals surface area (Å²) in [5.41, 5.74) is 0.0123. The molecule has 22 heavy (non-hydrogen) atoms. The highest BCUT2D eigenvalue weighted by Crippen LogP contribution is 2.26. The number of carbonyl (C=O) groups excluding carboxylic acids is 2. The van der Waals surface area contributed by atoms with Crippen LogP contribution in [-0.4, -0.2) is 36.1 Å². The maximum absolute atomic E-state index is 11.7.